The second-order valence-corrected chi connectivity index (χ2v) is 14.6. The molecule has 280 valence electrons. The Hall–Kier alpha value is -1.06. The maximum absolute atomic E-state index is 11.9. The molecule has 0 atom stereocenters. The number of esters is 2. The van der Waals surface area contributed by atoms with E-state index in [-0.39, 0.29) is 11.9 Å². The van der Waals surface area contributed by atoms with E-state index < -0.39 is 0 Å². The lowest BCUT2D eigenvalue weighted by atomic mass is 10.0. The monoisotopic (exact) mass is 665 g/mol. The van der Waals surface area contributed by atoms with Crippen molar-refractivity contribution in [2.24, 2.45) is 0 Å². The summed E-state index contributed by atoms with van der Waals surface area (Å²) in [7, 11) is 0. The zero-order valence-electron chi connectivity index (χ0n) is 32.2. The van der Waals surface area contributed by atoms with Crippen LogP contribution >= 0.6 is 0 Å². The molecule has 0 unspecified atom stereocenters. The molecule has 0 aromatic rings. The molecule has 0 aromatic carbocycles. The van der Waals surface area contributed by atoms with E-state index in [0.29, 0.717) is 26.1 Å². The standard InChI is InChI=1S/C43H84O4/c1-3-5-7-9-11-13-18-22-26-30-34-38-42(44)46-40-36-32-28-24-20-16-15-17-21-25-29-33-37-41-47-43(45)39-35-31-27-23-19-14-12-10-8-6-4-2/h3-41H2,1-2H3. The first-order chi connectivity index (χ1) is 23.2. The second kappa shape index (κ2) is 41.1. The van der Waals surface area contributed by atoms with Crippen LogP contribution in [0.3, 0.4) is 0 Å². The number of carbonyl (C=O) groups excluding carboxylic acids is 2. The van der Waals surface area contributed by atoms with Crippen LogP contribution in [-0.4, -0.2) is 25.2 Å². The zero-order valence-corrected chi connectivity index (χ0v) is 32.2. The largest absolute Gasteiger partial charge is 0.466 e. The zero-order chi connectivity index (χ0) is 34.1. The first-order valence-corrected chi connectivity index (χ1v) is 21.5. The summed E-state index contributed by atoms with van der Waals surface area (Å²) >= 11 is 0. The molecule has 0 saturated carbocycles. The summed E-state index contributed by atoms with van der Waals surface area (Å²) in [6.07, 6.45) is 46.3. The van der Waals surface area contributed by atoms with Gasteiger partial charge in [-0.25, -0.2) is 0 Å². The SMILES string of the molecule is CCCCCCCCCCCCCC(=O)OCCCCCCCCCCCCCCCOC(=O)CCCCCCCCCCCCC. The lowest BCUT2D eigenvalue weighted by molar-refractivity contribution is -0.144. The average molecular weight is 665 g/mol. The van der Waals surface area contributed by atoms with E-state index in [1.807, 2.05) is 0 Å². The van der Waals surface area contributed by atoms with Crippen molar-refractivity contribution in [1.29, 1.82) is 0 Å². The summed E-state index contributed by atoms with van der Waals surface area (Å²) in [4.78, 5) is 23.9. The maximum atomic E-state index is 11.9. The van der Waals surface area contributed by atoms with Crippen LogP contribution in [0.15, 0.2) is 0 Å². The van der Waals surface area contributed by atoms with Gasteiger partial charge in [0.05, 0.1) is 13.2 Å². The van der Waals surface area contributed by atoms with E-state index >= 15 is 0 Å². The van der Waals surface area contributed by atoms with Gasteiger partial charge in [0.25, 0.3) is 0 Å². The molecule has 0 heterocycles. The minimum absolute atomic E-state index is 0.00869. The minimum atomic E-state index is 0.00869. The van der Waals surface area contributed by atoms with Crippen molar-refractivity contribution in [2.75, 3.05) is 13.2 Å². The molecule has 0 saturated heterocycles. The third kappa shape index (κ3) is 41.0. The van der Waals surface area contributed by atoms with Gasteiger partial charge in [-0.05, 0) is 25.7 Å². The molecule has 0 radical (unpaired) electrons. The van der Waals surface area contributed by atoms with Gasteiger partial charge in [-0.1, -0.05) is 213 Å². The number of unbranched alkanes of at least 4 members (excludes halogenated alkanes) is 32. The van der Waals surface area contributed by atoms with E-state index in [1.165, 1.54) is 199 Å². The first kappa shape index (κ1) is 45.9. The van der Waals surface area contributed by atoms with E-state index in [4.69, 9.17) is 9.47 Å². The summed E-state index contributed by atoms with van der Waals surface area (Å²) < 4.78 is 10.9. The van der Waals surface area contributed by atoms with Crippen LogP contribution in [0, 0.1) is 0 Å². The molecule has 0 fully saturated rings. The number of rotatable bonds is 40. The van der Waals surface area contributed by atoms with Gasteiger partial charge in [-0.3, -0.25) is 9.59 Å². The van der Waals surface area contributed by atoms with Gasteiger partial charge in [0.2, 0.25) is 0 Å². The molecule has 4 heteroatoms. The molecular formula is C43H84O4. The van der Waals surface area contributed by atoms with Gasteiger partial charge in [0.15, 0.2) is 0 Å². The lowest BCUT2D eigenvalue weighted by Crippen LogP contribution is -2.05. The molecule has 47 heavy (non-hydrogen) atoms. The maximum Gasteiger partial charge on any atom is 0.305 e. The van der Waals surface area contributed by atoms with Gasteiger partial charge < -0.3 is 9.47 Å². The van der Waals surface area contributed by atoms with Crippen molar-refractivity contribution >= 4 is 11.9 Å². The molecule has 0 rings (SSSR count). The Labute approximate surface area is 295 Å². The number of hydrogen-bond donors (Lipinski definition) is 0. The molecule has 0 aliphatic carbocycles. The molecular weight excluding hydrogens is 580 g/mol. The Morgan fingerprint density at radius 2 is 0.468 bits per heavy atom. The summed E-state index contributed by atoms with van der Waals surface area (Å²) in [6, 6.07) is 0. The molecule has 4 nitrogen and oxygen atoms in total. The third-order valence-corrected chi connectivity index (χ3v) is 9.78. The molecule has 0 bridgehead atoms. The highest BCUT2D eigenvalue weighted by molar-refractivity contribution is 5.69. The van der Waals surface area contributed by atoms with Crippen molar-refractivity contribution in [1.82, 2.24) is 0 Å². The van der Waals surface area contributed by atoms with Gasteiger partial charge in [-0.15, -0.1) is 0 Å². The van der Waals surface area contributed by atoms with E-state index in [2.05, 4.69) is 13.8 Å². The number of carbonyl (C=O) groups is 2. The highest BCUT2D eigenvalue weighted by Gasteiger charge is 2.04. The predicted molar refractivity (Wildman–Crippen MR) is 204 cm³/mol. The summed E-state index contributed by atoms with van der Waals surface area (Å²) in [5.41, 5.74) is 0. The van der Waals surface area contributed by atoms with Gasteiger partial charge in [-0.2, -0.15) is 0 Å². The van der Waals surface area contributed by atoms with Crippen LogP contribution in [0.5, 0.6) is 0 Å². The second-order valence-electron chi connectivity index (χ2n) is 14.6. The normalized spacial score (nSPS) is 11.3. The van der Waals surface area contributed by atoms with Crippen molar-refractivity contribution in [3.8, 4) is 0 Å². The summed E-state index contributed by atoms with van der Waals surface area (Å²) in [6.45, 7) is 5.76. The lowest BCUT2D eigenvalue weighted by Gasteiger charge is -2.06. The fourth-order valence-corrected chi connectivity index (χ4v) is 6.53. The Morgan fingerprint density at radius 3 is 0.702 bits per heavy atom. The Morgan fingerprint density at radius 1 is 0.277 bits per heavy atom. The Balaban J connectivity index is 3.20. The van der Waals surface area contributed by atoms with Gasteiger partial charge in [0, 0.05) is 12.8 Å². The first-order valence-electron chi connectivity index (χ1n) is 21.5. The topological polar surface area (TPSA) is 52.6 Å². The van der Waals surface area contributed by atoms with Crippen molar-refractivity contribution in [2.45, 2.75) is 251 Å². The van der Waals surface area contributed by atoms with Gasteiger partial charge in [0.1, 0.15) is 0 Å². The van der Waals surface area contributed by atoms with Crippen molar-refractivity contribution < 1.29 is 19.1 Å². The van der Waals surface area contributed by atoms with Crippen LogP contribution in [0.25, 0.3) is 0 Å². The molecule has 0 aliphatic heterocycles. The predicted octanol–water partition coefficient (Wildman–Crippen LogP) is 14.5. The smallest absolute Gasteiger partial charge is 0.305 e. The Bertz CT molecular complexity index is 567. The highest BCUT2D eigenvalue weighted by Crippen LogP contribution is 2.15. The fourth-order valence-electron chi connectivity index (χ4n) is 6.53. The van der Waals surface area contributed by atoms with Gasteiger partial charge >= 0.3 is 11.9 Å². The fraction of sp³-hybridized carbons (Fsp3) is 0.953. The summed E-state index contributed by atoms with van der Waals surface area (Å²) in [5.74, 6) is 0.0174. The highest BCUT2D eigenvalue weighted by atomic mass is 16.5. The van der Waals surface area contributed by atoms with E-state index in [1.54, 1.807) is 0 Å². The number of ether oxygens (including phenoxy) is 2. The minimum Gasteiger partial charge on any atom is -0.466 e. The molecule has 0 aliphatic rings. The molecule has 0 N–H and O–H groups in total. The van der Waals surface area contributed by atoms with Crippen LogP contribution in [0.4, 0.5) is 0 Å². The average Bonchev–Trinajstić information content (AvgIpc) is 3.07. The molecule has 0 aromatic heterocycles. The van der Waals surface area contributed by atoms with Crippen LogP contribution in [0.1, 0.15) is 251 Å². The molecule has 0 spiro atoms. The number of hydrogen-bond acceptors (Lipinski definition) is 4. The van der Waals surface area contributed by atoms with E-state index in [0.717, 1.165) is 25.7 Å². The third-order valence-electron chi connectivity index (χ3n) is 9.78. The van der Waals surface area contributed by atoms with Crippen LogP contribution in [-0.2, 0) is 19.1 Å². The van der Waals surface area contributed by atoms with Crippen molar-refractivity contribution in [3.05, 3.63) is 0 Å². The van der Waals surface area contributed by atoms with Crippen molar-refractivity contribution in [3.63, 3.8) is 0 Å². The van der Waals surface area contributed by atoms with Crippen LogP contribution < -0.4 is 0 Å². The quantitative estimate of drug-likeness (QED) is 0.0483. The van der Waals surface area contributed by atoms with Crippen LogP contribution in [0.2, 0.25) is 0 Å². The molecule has 0 amide bonds. The van der Waals surface area contributed by atoms with E-state index in [9.17, 15) is 9.59 Å². The summed E-state index contributed by atoms with van der Waals surface area (Å²) in [5, 5.41) is 0. The Kier molecular flexibility index (Phi) is 40.2.